The van der Waals surface area contributed by atoms with Gasteiger partial charge < -0.3 is 14.3 Å². The van der Waals surface area contributed by atoms with Crippen molar-refractivity contribution >= 4 is 6.29 Å². The summed E-state index contributed by atoms with van der Waals surface area (Å²) < 4.78 is 5.69. The molecule has 3 aromatic rings. The van der Waals surface area contributed by atoms with Gasteiger partial charge in [-0.3, -0.25) is 0 Å². The largest absolute Gasteiger partial charge is 0.441 e. The van der Waals surface area contributed by atoms with Crippen molar-refractivity contribution in [2.24, 2.45) is 0 Å². The van der Waals surface area contributed by atoms with Crippen LogP contribution in [0.4, 0.5) is 0 Å². The van der Waals surface area contributed by atoms with E-state index in [4.69, 9.17) is 9.52 Å². The van der Waals surface area contributed by atoms with E-state index in [1.54, 1.807) is 0 Å². The molecule has 3 rings (SSSR count). The average Bonchev–Trinajstić information content (AvgIpc) is 2.97. The molecule has 0 aliphatic heterocycles. The predicted molar refractivity (Wildman–Crippen MR) is 92.7 cm³/mol. The van der Waals surface area contributed by atoms with Crippen LogP contribution in [0.3, 0.4) is 0 Å². The molecule has 0 atom stereocenters. The van der Waals surface area contributed by atoms with Crippen LogP contribution in [0.5, 0.6) is 0 Å². The molecule has 2 aromatic carbocycles. The van der Waals surface area contributed by atoms with E-state index in [0.29, 0.717) is 18.7 Å². The van der Waals surface area contributed by atoms with E-state index < -0.39 is 0 Å². The highest BCUT2D eigenvalue weighted by atomic mass is 16.4. The molecule has 1 heterocycles. The minimum absolute atomic E-state index is 0.0584. The number of carbonyl (C=O) groups excluding carboxylic acids is 1. The molecule has 0 spiro atoms. The second-order valence-electron chi connectivity index (χ2n) is 5.64. The Morgan fingerprint density at radius 2 is 1.83 bits per heavy atom. The summed E-state index contributed by atoms with van der Waals surface area (Å²) in [6, 6.07) is 15.9. The van der Waals surface area contributed by atoms with Gasteiger partial charge >= 0.3 is 0 Å². The summed E-state index contributed by atoms with van der Waals surface area (Å²) in [6.07, 6.45) is 1.84. The Bertz CT molecular complexity index is 834. The summed E-state index contributed by atoms with van der Waals surface area (Å²) >= 11 is 0. The summed E-state index contributed by atoms with van der Waals surface area (Å²) in [5.74, 6) is 1.31. The van der Waals surface area contributed by atoms with Gasteiger partial charge in [-0.2, -0.15) is 0 Å². The number of hydrogen-bond acceptors (Lipinski definition) is 4. The maximum Gasteiger partial charge on any atom is 0.226 e. The number of aromatic nitrogens is 1. The second-order valence-corrected chi connectivity index (χ2v) is 5.64. The van der Waals surface area contributed by atoms with Gasteiger partial charge in [0.15, 0.2) is 0 Å². The number of rotatable bonds is 6. The molecular formula is C20H19NO3. The zero-order valence-electron chi connectivity index (χ0n) is 13.5. The molecule has 4 heteroatoms. The molecule has 0 bridgehead atoms. The lowest BCUT2D eigenvalue weighted by atomic mass is 10.0. The van der Waals surface area contributed by atoms with Crippen molar-refractivity contribution in [3.8, 4) is 22.6 Å². The zero-order valence-corrected chi connectivity index (χ0v) is 13.5. The van der Waals surface area contributed by atoms with Crippen molar-refractivity contribution in [3.05, 3.63) is 65.5 Å². The van der Waals surface area contributed by atoms with Gasteiger partial charge in [0.2, 0.25) is 5.89 Å². The van der Waals surface area contributed by atoms with Crippen LogP contribution in [0.15, 0.2) is 52.9 Å². The fraction of sp³-hybridized carbons (Fsp3) is 0.200. The number of hydrogen-bond donors (Lipinski definition) is 1. The molecule has 0 saturated carbocycles. The number of nitrogens with zero attached hydrogens (tertiary/aromatic N) is 1. The van der Waals surface area contributed by atoms with Crippen molar-refractivity contribution in [1.29, 1.82) is 0 Å². The topological polar surface area (TPSA) is 63.3 Å². The maximum atomic E-state index is 10.7. The van der Waals surface area contributed by atoms with Crippen LogP contribution in [-0.2, 0) is 17.6 Å². The third-order valence-electron chi connectivity index (χ3n) is 3.95. The van der Waals surface area contributed by atoms with Crippen LogP contribution in [0.2, 0.25) is 0 Å². The lowest BCUT2D eigenvalue weighted by Gasteiger charge is -2.04. The van der Waals surface area contributed by atoms with Gasteiger partial charge in [-0.1, -0.05) is 36.4 Å². The van der Waals surface area contributed by atoms with Crippen molar-refractivity contribution in [3.63, 3.8) is 0 Å². The van der Waals surface area contributed by atoms with E-state index >= 15 is 0 Å². The molecule has 1 aromatic heterocycles. The zero-order chi connectivity index (χ0) is 16.9. The molecule has 0 radical (unpaired) electrons. The Morgan fingerprint density at radius 1 is 1.08 bits per heavy atom. The van der Waals surface area contributed by atoms with Gasteiger partial charge in [0, 0.05) is 25.0 Å². The number of carbonyl (C=O) groups is 1. The Balaban J connectivity index is 1.86. The van der Waals surface area contributed by atoms with E-state index in [9.17, 15) is 4.79 Å². The van der Waals surface area contributed by atoms with Crippen LogP contribution >= 0.6 is 0 Å². The highest BCUT2D eigenvalue weighted by Crippen LogP contribution is 2.26. The molecule has 0 aliphatic carbocycles. The van der Waals surface area contributed by atoms with Crippen LogP contribution in [0, 0.1) is 6.92 Å². The molecule has 0 saturated heterocycles. The van der Waals surface area contributed by atoms with E-state index in [1.807, 2.05) is 55.5 Å². The minimum atomic E-state index is 0.0584. The number of oxazole rings is 1. The first-order chi connectivity index (χ1) is 11.7. The Hall–Kier alpha value is -2.72. The van der Waals surface area contributed by atoms with Crippen LogP contribution in [-0.4, -0.2) is 23.0 Å². The minimum Gasteiger partial charge on any atom is -0.441 e. The van der Waals surface area contributed by atoms with Gasteiger partial charge in [-0.15, -0.1) is 0 Å². The molecule has 0 unspecified atom stereocenters. The standard InChI is InChI=1S/C20H19NO3/c1-14-19(10-12-23)21-20(24-14)17-7-5-16(6-8-17)18-4-2-3-15(13-18)9-11-22/h2-8,11,13,23H,9-10,12H2,1H3. The van der Waals surface area contributed by atoms with Crippen LogP contribution < -0.4 is 0 Å². The van der Waals surface area contributed by atoms with E-state index in [0.717, 1.165) is 40.0 Å². The number of aliphatic hydroxyl groups is 1. The SMILES string of the molecule is Cc1oc(-c2ccc(-c3cccc(CC=O)c3)cc2)nc1CCO. The number of aryl methyl sites for hydroxylation is 1. The summed E-state index contributed by atoms with van der Waals surface area (Å²) in [6.45, 7) is 1.91. The third kappa shape index (κ3) is 3.44. The average molecular weight is 321 g/mol. The number of aldehydes is 1. The summed E-state index contributed by atoms with van der Waals surface area (Å²) in [5.41, 5.74) is 4.84. The highest BCUT2D eigenvalue weighted by Gasteiger charge is 2.11. The fourth-order valence-corrected chi connectivity index (χ4v) is 2.67. The summed E-state index contributed by atoms with van der Waals surface area (Å²) in [4.78, 5) is 15.1. The van der Waals surface area contributed by atoms with Crippen molar-refractivity contribution in [2.75, 3.05) is 6.61 Å². The molecular weight excluding hydrogens is 302 g/mol. The van der Waals surface area contributed by atoms with Crippen LogP contribution in [0.1, 0.15) is 17.0 Å². The Morgan fingerprint density at radius 3 is 2.54 bits per heavy atom. The fourth-order valence-electron chi connectivity index (χ4n) is 2.67. The first kappa shape index (κ1) is 16.1. The van der Waals surface area contributed by atoms with Crippen LogP contribution in [0.25, 0.3) is 22.6 Å². The van der Waals surface area contributed by atoms with Gasteiger partial charge in [-0.05, 0) is 35.7 Å². The van der Waals surface area contributed by atoms with E-state index in [1.165, 1.54) is 0 Å². The molecule has 0 aliphatic rings. The molecule has 122 valence electrons. The summed E-state index contributed by atoms with van der Waals surface area (Å²) in [5, 5.41) is 9.04. The normalized spacial score (nSPS) is 10.8. The highest BCUT2D eigenvalue weighted by molar-refractivity contribution is 5.69. The monoisotopic (exact) mass is 321 g/mol. The number of aliphatic hydroxyl groups excluding tert-OH is 1. The number of benzene rings is 2. The smallest absolute Gasteiger partial charge is 0.226 e. The lowest BCUT2D eigenvalue weighted by molar-refractivity contribution is -0.107. The van der Waals surface area contributed by atoms with Crippen molar-refractivity contribution in [1.82, 2.24) is 4.98 Å². The van der Waals surface area contributed by atoms with Gasteiger partial charge in [0.05, 0.1) is 5.69 Å². The van der Waals surface area contributed by atoms with Gasteiger partial charge in [-0.25, -0.2) is 4.98 Å². The molecule has 0 fully saturated rings. The van der Waals surface area contributed by atoms with E-state index in [-0.39, 0.29) is 6.61 Å². The molecule has 24 heavy (non-hydrogen) atoms. The summed E-state index contributed by atoms with van der Waals surface area (Å²) in [7, 11) is 0. The molecule has 4 nitrogen and oxygen atoms in total. The van der Waals surface area contributed by atoms with E-state index in [2.05, 4.69) is 4.98 Å². The quantitative estimate of drug-likeness (QED) is 0.705. The van der Waals surface area contributed by atoms with Gasteiger partial charge in [0.25, 0.3) is 0 Å². The Kier molecular flexibility index (Phi) is 4.87. The predicted octanol–water partition coefficient (Wildman–Crippen LogP) is 3.59. The third-order valence-corrected chi connectivity index (χ3v) is 3.95. The van der Waals surface area contributed by atoms with Gasteiger partial charge in [0.1, 0.15) is 12.0 Å². The first-order valence-corrected chi connectivity index (χ1v) is 7.92. The maximum absolute atomic E-state index is 10.7. The first-order valence-electron chi connectivity index (χ1n) is 7.92. The van der Waals surface area contributed by atoms with Crippen molar-refractivity contribution < 1.29 is 14.3 Å². The lowest BCUT2D eigenvalue weighted by Crippen LogP contribution is -1.92. The molecule has 0 amide bonds. The molecule has 1 N–H and O–H groups in total. The van der Waals surface area contributed by atoms with Crippen molar-refractivity contribution in [2.45, 2.75) is 19.8 Å². The second kappa shape index (κ2) is 7.23. The Labute approximate surface area is 140 Å².